The van der Waals surface area contributed by atoms with Crippen molar-refractivity contribution >= 4 is 34.8 Å². The van der Waals surface area contributed by atoms with E-state index in [1.54, 1.807) is 29.6 Å². The number of halogens is 1. The lowest BCUT2D eigenvalue weighted by molar-refractivity contribution is -0.137. The summed E-state index contributed by atoms with van der Waals surface area (Å²) in [6, 6.07) is 6.13. The van der Waals surface area contributed by atoms with Crippen LogP contribution in [0.15, 0.2) is 35.2 Å². The molecular formula is C13H11ClN2O3S. The molecule has 0 saturated carbocycles. The van der Waals surface area contributed by atoms with Crippen molar-refractivity contribution in [3.63, 3.8) is 0 Å². The Morgan fingerprint density at radius 2 is 2.15 bits per heavy atom. The Morgan fingerprint density at radius 1 is 1.40 bits per heavy atom. The van der Waals surface area contributed by atoms with Crippen molar-refractivity contribution in [3.8, 4) is 0 Å². The van der Waals surface area contributed by atoms with E-state index in [9.17, 15) is 9.59 Å². The quantitative estimate of drug-likeness (QED) is 0.890. The van der Waals surface area contributed by atoms with Crippen LogP contribution in [0.4, 0.5) is 0 Å². The lowest BCUT2D eigenvalue weighted by atomic mass is 10.0. The summed E-state index contributed by atoms with van der Waals surface area (Å²) in [6.45, 7) is 0. The van der Waals surface area contributed by atoms with Crippen molar-refractivity contribution < 1.29 is 14.7 Å². The first-order valence-electron chi connectivity index (χ1n) is 5.73. The van der Waals surface area contributed by atoms with Gasteiger partial charge in [0.05, 0.1) is 18.0 Å². The molecule has 0 spiro atoms. The number of aromatic nitrogens is 1. The molecule has 0 fully saturated rings. The predicted molar refractivity (Wildman–Crippen MR) is 76.0 cm³/mol. The number of hydrogen-bond acceptors (Lipinski definition) is 4. The van der Waals surface area contributed by atoms with E-state index in [2.05, 4.69) is 10.3 Å². The zero-order chi connectivity index (χ0) is 14.5. The van der Waals surface area contributed by atoms with Crippen LogP contribution in [0.3, 0.4) is 0 Å². The van der Waals surface area contributed by atoms with Gasteiger partial charge in [0.25, 0.3) is 5.91 Å². The summed E-state index contributed by atoms with van der Waals surface area (Å²) < 4.78 is 0. The minimum atomic E-state index is -1.02. The van der Waals surface area contributed by atoms with E-state index in [4.69, 9.17) is 16.7 Å². The van der Waals surface area contributed by atoms with Crippen LogP contribution in [0.2, 0.25) is 5.02 Å². The van der Waals surface area contributed by atoms with Crippen molar-refractivity contribution in [2.24, 2.45) is 0 Å². The maximum absolute atomic E-state index is 12.0. The van der Waals surface area contributed by atoms with Gasteiger partial charge in [0.2, 0.25) is 0 Å². The summed E-state index contributed by atoms with van der Waals surface area (Å²) >= 11 is 7.35. The SMILES string of the molecule is O=C(O)CC(NC(=O)c1cscn1)c1ccccc1Cl. The van der Waals surface area contributed by atoms with Gasteiger partial charge in [-0.2, -0.15) is 0 Å². The number of benzene rings is 1. The number of hydrogen-bond donors (Lipinski definition) is 2. The molecule has 1 amide bonds. The van der Waals surface area contributed by atoms with E-state index in [0.717, 1.165) is 0 Å². The number of carbonyl (C=O) groups excluding carboxylic acids is 1. The van der Waals surface area contributed by atoms with Crippen LogP contribution in [0.5, 0.6) is 0 Å². The van der Waals surface area contributed by atoms with E-state index >= 15 is 0 Å². The molecule has 1 aromatic heterocycles. The molecule has 0 aliphatic carbocycles. The van der Waals surface area contributed by atoms with Crippen molar-refractivity contribution in [1.29, 1.82) is 0 Å². The van der Waals surface area contributed by atoms with Gasteiger partial charge in [-0.1, -0.05) is 29.8 Å². The highest BCUT2D eigenvalue weighted by molar-refractivity contribution is 7.07. The Hall–Kier alpha value is -1.92. The molecule has 2 N–H and O–H groups in total. The fourth-order valence-electron chi connectivity index (χ4n) is 1.73. The van der Waals surface area contributed by atoms with Gasteiger partial charge in [-0.15, -0.1) is 11.3 Å². The van der Waals surface area contributed by atoms with E-state index in [1.165, 1.54) is 16.8 Å². The molecule has 20 heavy (non-hydrogen) atoms. The van der Waals surface area contributed by atoms with Crippen molar-refractivity contribution in [3.05, 3.63) is 51.4 Å². The first-order chi connectivity index (χ1) is 9.58. The highest BCUT2D eigenvalue weighted by Crippen LogP contribution is 2.25. The standard InChI is InChI=1S/C13H11ClN2O3S/c14-9-4-2-1-3-8(9)10(5-12(17)18)16-13(19)11-6-20-7-15-11/h1-4,6-7,10H,5H2,(H,16,19)(H,17,18). The van der Waals surface area contributed by atoms with Gasteiger partial charge in [0.1, 0.15) is 5.69 Å². The molecule has 1 atom stereocenters. The zero-order valence-electron chi connectivity index (χ0n) is 10.2. The number of carboxylic acids is 1. The molecule has 1 aromatic carbocycles. The molecule has 104 valence electrons. The van der Waals surface area contributed by atoms with Gasteiger partial charge < -0.3 is 10.4 Å². The first-order valence-corrected chi connectivity index (χ1v) is 7.05. The predicted octanol–water partition coefficient (Wildman–Crippen LogP) is 2.74. The van der Waals surface area contributed by atoms with Gasteiger partial charge in [-0.3, -0.25) is 9.59 Å². The second-order valence-electron chi connectivity index (χ2n) is 4.02. The van der Waals surface area contributed by atoms with Crippen LogP contribution in [0, 0.1) is 0 Å². The molecule has 0 bridgehead atoms. The molecule has 0 saturated heterocycles. The third-order valence-electron chi connectivity index (χ3n) is 2.63. The number of nitrogens with one attached hydrogen (secondary N) is 1. The van der Waals surface area contributed by atoms with Crippen LogP contribution < -0.4 is 5.32 Å². The first kappa shape index (κ1) is 14.5. The number of carbonyl (C=O) groups is 2. The molecular weight excluding hydrogens is 300 g/mol. The number of rotatable bonds is 5. The van der Waals surface area contributed by atoms with Gasteiger partial charge in [0, 0.05) is 10.4 Å². The number of thiazole rings is 1. The average molecular weight is 311 g/mol. The zero-order valence-corrected chi connectivity index (χ0v) is 11.8. The highest BCUT2D eigenvalue weighted by Gasteiger charge is 2.21. The number of aliphatic carboxylic acids is 1. The van der Waals surface area contributed by atoms with Gasteiger partial charge >= 0.3 is 5.97 Å². The fraction of sp³-hybridized carbons (Fsp3) is 0.154. The Bertz CT molecular complexity index is 616. The summed E-state index contributed by atoms with van der Waals surface area (Å²) in [5.41, 5.74) is 2.37. The van der Waals surface area contributed by atoms with Crippen molar-refractivity contribution in [2.75, 3.05) is 0 Å². The Labute approximate surface area is 124 Å². The summed E-state index contributed by atoms with van der Waals surface area (Å²) in [5, 5.41) is 13.6. The molecule has 2 rings (SSSR count). The maximum Gasteiger partial charge on any atom is 0.305 e. The van der Waals surface area contributed by atoms with E-state index in [-0.39, 0.29) is 12.1 Å². The maximum atomic E-state index is 12.0. The largest absolute Gasteiger partial charge is 0.481 e. The summed E-state index contributed by atoms with van der Waals surface area (Å²) in [7, 11) is 0. The third-order valence-corrected chi connectivity index (χ3v) is 3.56. The lowest BCUT2D eigenvalue weighted by Gasteiger charge is -2.18. The summed E-state index contributed by atoms with van der Waals surface area (Å²) in [5.74, 6) is -1.44. The molecule has 1 unspecified atom stereocenters. The minimum absolute atomic E-state index is 0.250. The average Bonchev–Trinajstić information content (AvgIpc) is 2.92. The highest BCUT2D eigenvalue weighted by atomic mass is 35.5. The number of carboxylic acid groups (broad SMARTS) is 1. The molecule has 2 aromatic rings. The van der Waals surface area contributed by atoms with Crippen LogP contribution in [0.1, 0.15) is 28.5 Å². The smallest absolute Gasteiger partial charge is 0.305 e. The lowest BCUT2D eigenvalue weighted by Crippen LogP contribution is -2.30. The molecule has 7 heteroatoms. The molecule has 1 heterocycles. The van der Waals surface area contributed by atoms with Crippen LogP contribution in [0.25, 0.3) is 0 Å². The van der Waals surface area contributed by atoms with Crippen LogP contribution in [-0.4, -0.2) is 22.0 Å². The van der Waals surface area contributed by atoms with E-state index < -0.39 is 17.9 Å². The van der Waals surface area contributed by atoms with E-state index in [1.807, 2.05) is 0 Å². The topological polar surface area (TPSA) is 79.3 Å². The second kappa shape index (κ2) is 6.49. The minimum Gasteiger partial charge on any atom is -0.481 e. The summed E-state index contributed by atoms with van der Waals surface area (Å²) in [4.78, 5) is 26.8. The number of nitrogens with zero attached hydrogens (tertiary/aromatic N) is 1. The fourth-order valence-corrected chi connectivity index (χ4v) is 2.53. The normalized spacial score (nSPS) is 11.8. The third kappa shape index (κ3) is 3.55. The van der Waals surface area contributed by atoms with E-state index in [0.29, 0.717) is 10.6 Å². The Kier molecular flexibility index (Phi) is 4.70. The Morgan fingerprint density at radius 3 is 2.75 bits per heavy atom. The van der Waals surface area contributed by atoms with Gasteiger partial charge in [0.15, 0.2) is 0 Å². The second-order valence-corrected chi connectivity index (χ2v) is 5.14. The van der Waals surface area contributed by atoms with Crippen LogP contribution >= 0.6 is 22.9 Å². The monoisotopic (exact) mass is 310 g/mol. The van der Waals surface area contributed by atoms with Crippen molar-refractivity contribution in [1.82, 2.24) is 10.3 Å². The summed E-state index contributed by atoms with van der Waals surface area (Å²) in [6.07, 6.45) is -0.250. The molecule has 5 nitrogen and oxygen atoms in total. The molecule has 0 aliphatic heterocycles. The molecule has 0 radical (unpaired) electrons. The van der Waals surface area contributed by atoms with Gasteiger partial charge in [-0.25, -0.2) is 4.98 Å². The number of amides is 1. The molecule has 0 aliphatic rings. The van der Waals surface area contributed by atoms with Crippen molar-refractivity contribution in [2.45, 2.75) is 12.5 Å². The van der Waals surface area contributed by atoms with Gasteiger partial charge in [-0.05, 0) is 11.6 Å². The Balaban J connectivity index is 2.22. The van der Waals surface area contributed by atoms with Crippen LogP contribution in [-0.2, 0) is 4.79 Å².